The molecule has 8 heteroatoms. The quantitative estimate of drug-likeness (QED) is 0.306. The molecular weight excluding hydrogens is 508 g/mol. The van der Waals surface area contributed by atoms with Crippen LogP contribution in [0.3, 0.4) is 0 Å². The SMILES string of the molecule is Cc1cc2c(cnn2-c2ccc(F)cc2)cc1[C@]12CN(Cc3ccccc3)C[C@H]1[C@@H]2C(=O)Nc1ccc(F)cn1. The number of likely N-dealkylation sites (tertiary alicyclic amines) is 1. The summed E-state index contributed by atoms with van der Waals surface area (Å²) in [4.78, 5) is 20.1. The zero-order valence-corrected chi connectivity index (χ0v) is 21.9. The number of hydrogen-bond acceptors (Lipinski definition) is 4. The highest BCUT2D eigenvalue weighted by molar-refractivity contribution is 5.97. The number of halogens is 2. The molecule has 2 aromatic heterocycles. The first kappa shape index (κ1) is 24.6. The van der Waals surface area contributed by atoms with E-state index in [1.807, 2.05) is 29.1 Å². The average Bonchev–Trinajstić information content (AvgIpc) is 3.20. The van der Waals surface area contributed by atoms with E-state index in [9.17, 15) is 13.6 Å². The Morgan fingerprint density at radius 2 is 1.77 bits per heavy atom. The Kier molecular flexibility index (Phi) is 5.75. The summed E-state index contributed by atoms with van der Waals surface area (Å²) >= 11 is 0. The minimum absolute atomic E-state index is 0.0926. The van der Waals surface area contributed by atoms with Crippen LogP contribution in [0.15, 0.2) is 91.3 Å². The van der Waals surface area contributed by atoms with Gasteiger partial charge in [0, 0.05) is 30.4 Å². The van der Waals surface area contributed by atoms with Gasteiger partial charge in [0.25, 0.3) is 0 Å². The van der Waals surface area contributed by atoms with Crippen LogP contribution in [0.4, 0.5) is 14.6 Å². The molecule has 7 rings (SSSR count). The molecule has 2 fully saturated rings. The number of hydrogen-bond donors (Lipinski definition) is 1. The van der Waals surface area contributed by atoms with Gasteiger partial charge in [-0.1, -0.05) is 30.3 Å². The van der Waals surface area contributed by atoms with Gasteiger partial charge >= 0.3 is 0 Å². The van der Waals surface area contributed by atoms with Crippen molar-refractivity contribution in [1.29, 1.82) is 0 Å². The van der Waals surface area contributed by atoms with E-state index in [-0.39, 0.29) is 29.0 Å². The second kappa shape index (κ2) is 9.34. The fourth-order valence-electron chi connectivity index (χ4n) is 6.67. The molecule has 1 aliphatic carbocycles. The Hall–Kier alpha value is -4.43. The van der Waals surface area contributed by atoms with Crippen LogP contribution in [-0.4, -0.2) is 38.7 Å². The Morgan fingerprint density at radius 3 is 2.52 bits per heavy atom. The van der Waals surface area contributed by atoms with Crippen LogP contribution in [0.25, 0.3) is 16.6 Å². The summed E-state index contributed by atoms with van der Waals surface area (Å²) in [5.74, 6) is -0.571. The van der Waals surface area contributed by atoms with Gasteiger partial charge in [0.1, 0.15) is 17.5 Å². The van der Waals surface area contributed by atoms with Crippen molar-refractivity contribution in [1.82, 2.24) is 19.7 Å². The van der Waals surface area contributed by atoms with Crippen LogP contribution in [0, 0.1) is 30.4 Å². The molecule has 1 N–H and O–H groups in total. The first-order valence-electron chi connectivity index (χ1n) is 13.4. The lowest BCUT2D eigenvalue weighted by Crippen LogP contribution is -2.33. The number of rotatable bonds is 6. The minimum Gasteiger partial charge on any atom is -0.310 e. The number of fused-ring (bicyclic) bond motifs is 2. The van der Waals surface area contributed by atoms with Crippen molar-refractivity contribution in [2.24, 2.45) is 11.8 Å². The van der Waals surface area contributed by atoms with Crippen LogP contribution >= 0.6 is 0 Å². The molecule has 0 radical (unpaired) electrons. The minimum atomic E-state index is -0.445. The first-order valence-corrected chi connectivity index (χ1v) is 13.4. The van der Waals surface area contributed by atoms with E-state index in [1.54, 1.807) is 12.1 Å². The number of amides is 1. The normalized spacial score (nSPS) is 21.9. The van der Waals surface area contributed by atoms with Gasteiger partial charge in [-0.05, 0) is 78.1 Å². The maximum Gasteiger partial charge on any atom is 0.229 e. The molecule has 1 amide bonds. The van der Waals surface area contributed by atoms with Gasteiger partial charge in [0.05, 0.1) is 29.5 Å². The lowest BCUT2D eigenvalue weighted by molar-refractivity contribution is -0.118. The van der Waals surface area contributed by atoms with Gasteiger partial charge in [0.15, 0.2) is 0 Å². The van der Waals surface area contributed by atoms with Crippen LogP contribution in [0.5, 0.6) is 0 Å². The first-order chi connectivity index (χ1) is 19.4. The topological polar surface area (TPSA) is 63.1 Å². The maximum absolute atomic E-state index is 13.6. The van der Waals surface area contributed by atoms with E-state index in [0.29, 0.717) is 5.82 Å². The number of benzene rings is 3. The molecule has 3 atom stereocenters. The van der Waals surface area contributed by atoms with Crippen molar-refractivity contribution in [3.8, 4) is 5.69 Å². The fraction of sp³-hybridized carbons (Fsp3) is 0.219. The van der Waals surface area contributed by atoms with E-state index >= 15 is 0 Å². The van der Waals surface area contributed by atoms with Gasteiger partial charge in [0.2, 0.25) is 5.91 Å². The van der Waals surface area contributed by atoms with E-state index < -0.39 is 5.82 Å². The number of anilines is 1. The van der Waals surface area contributed by atoms with Gasteiger partial charge in [-0.15, -0.1) is 0 Å². The van der Waals surface area contributed by atoms with Gasteiger partial charge in [-0.2, -0.15) is 5.10 Å². The van der Waals surface area contributed by atoms with Gasteiger partial charge in [-0.3, -0.25) is 9.69 Å². The van der Waals surface area contributed by atoms with Crippen LogP contribution in [0.1, 0.15) is 16.7 Å². The highest BCUT2D eigenvalue weighted by Crippen LogP contribution is 2.65. The van der Waals surface area contributed by atoms with Crippen molar-refractivity contribution >= 4 is 22.6 Å². The Labute approximate surface area is 230 Å². The zero-order valence-electron chi connectivity index (χ0n) is 21.9. The number of nitrogens with one attached hydrogen (secondary N) is 1. The molecule has 40 heavy (non-hydrogen) atoms. The van der Waals surface area contributed by atoms with Crippen molar-refractivity contribution in [2.75, 3.05) is 18.4 Å². The fourth-order valence-corrected chi connectivity index (χ4v) is 6.67. The molecule has 1 aliphatic heterocycles. The maximum atomic E-state index is 13.6. The van der Waals surface area contributed by atoms with E-state index in [0.717, 1.165) is 53.5 Å². The number of pyridine rings is 1. The standard InChI is InChI=1S/C32H27F2N5O/c1-20-13-28-22(15-36-39(28)25-10-7-23(33)8-11-25)14-26(20)32-19-38(17-21-5-3-2-4-6-21)18-27(32)30(32)31(40)37-29-12-9-24(34)16-35-29/h2-16,27,30H,17-19H2,1H3,(H,35,37,40)/t27-,30+,32+/m0/s1. The number of carbonyl (C=O) groups is 1. The molecule has 3 heterocycles. The lowest BCUT2D eigenvalue weighted by Gasteiger charge is -2.25. The lowest BCUT2D eigenvalue weighted by atomic mass is 9.87. The number of aromatic nitrogens is 3. The van der Waals surface area contributed by atoms with Crippen molar-refractivity contribution in [3.63, 3.8) is 0 Å². The summed E-state index contributed by atoms with van der Waals surface area (Å²) < 4.78 is 28.7. The molecule has 200 valence electrons. The molecule has 5 aromatic rings. The molecule has 6 nitrogen and oxygen atoms in total. The summed E-state index contributed by atoms with van der Waals surface area (Å²) in [6.45, 7) is 4.45. The van der Waals surface area contributed by atoms with Gasteiger partial charge in [-0.25, -0.2) is 18.4 Å². The third-order valence-corrected chi connectivity index (χ3v) is 8.45. The second-order valence-electron chi connectivity index (χ2n) is 10.9. The summed E-state index contributed by atoms with van der Waals surface area (Å²) in [6.07, 6.45) is 2.93. The van der Waals surface area contributed by atoms with Gasteiger partial charge < -0.3 is 5.32 Å². The van der Waals surface area contributed by atoms with Crippen LogP contribution in [-0.2, 0) is 16.8 Å². The number of carbonyl (C=O) groups excluding carboxylic acids is 1. The Morgan fingerprint density at radius 1 is 1.00 bits per heavy atom. The number of nitrogens with zero attached hydrogens (tertiary/aromatic N) is 4. The third kappa shape index (κ3) is 4.07. The van der Waals surface area contributed by atoms with E-state index in [1.165, 1.54) is 29.8 Å². The number of aryl methyl sites for hydroxylation is 1. The third-order valence-electron chi connectivity index (χ3n) is 8.45. The molecule has 1 saturated carbocycles. The molecule has 3 aromatic carbocycles. The molecule has 0 spiro atoms. The number of piperidine rings is 1. The van der Waals surface area contributed by atoms with Crippen LogP contribution < -0.4 is 5.32 Å². The zero-order chi connectivity index (χ0) is 27.4. The van der Waals surface area contributed by atoms with E-state index in [2.05, 4.69) is 51.5 Å². The summed E-state index contributed by atoms with van der Waals surface area (Å²) in [7, 11) is 0. The monoisotopic (exact) mass is 535 g/mol. The summed E-state index contributed by atoms with van der Waals surface area (Å²) in [6, 6.07) is 23.7. The Bertz CT molecular complexity index is 1720. The molecule has 0 unspecified atom stereocenters. The highest BCUT2D eigenvalue weighted by atomic mass is 19.1. The van der Waals surface area contributed by atoms with Crippen LogP contribution in [0.2, 0.25) is 0 Å². The molecular formula is C32H27F2N5O. The summed E-state index contributed by atoms with van der Waals surface area (Å²) in [5, 5.41) is 8.48. The average molecular weight is 536 g/mol. The smallest absolute Gasteiger partial charge is 0.229 e. The molecule has 0 bridgehead atoms. The van der Waals surface area contributed by atoms with Crippen molar-refractivity contribution in [2.45, 2.75) is 18.9 Å². The Balaban J connectivity index is 1.24. The predicted octanol–water partition coefficient (Wildman–Crippen LogP) is 5.65. The second-order valence-corrected chi connectivity index (χ2v) is 10.9. The molecule has 2 aliphatic rings. The van der Waals surface area contributed by atoms with Crippen molar-refractivity contribution in [3.05, 3.63) is 120 Å². The largest absolute Gasteiger partial charge is 0.310 e. The van der Waals surface area contributed by atoms with E-state index in [4.69, 9.17) is 0 Å². The van der Waals surface area contributed by atoms with Crippen molar-refractivity contribution < 1.29 is 13.6 Å². The summed E-state index contributed by atoms with van der Waals surface area (Å²) in [5.41, 5.74) is 4.82. The predicted molar refractivity (Wildman–Crippen MR) is 149 cm³/mol. The highest BCUT2D eigenvalue weighted by Gasteiger charge is 2.72. The molecule has 1 saturated heterocycles.